The normalized spacial score (nSPS) is 19.1. The van der Waals surface area contributed by atoms with Crippen LogP contribution in [0.2, 0.25) is 0 Å². The number of ketones is 1. The standard InChI is InChI=1S/C24H21F3N2O2/c1-14-20(23(31)29-15-8-3-2-4-9-15)21(22-18(28-14)12-7-13-19(22)30)16-10-5-6-11-17(16)24(25,26)27/h2-6,8-11,21,28H,7,12-13H2,1H3,(H,29,31)/t21-/m1/s1. The molecule has 7 heteroatoms. The van der Waals surface area contributed by atoms with E-state index in [1.165, 1.54) is 18.2 Å². The van der Waals surface area contributed by atoms with Gasteiger partial charge in [0.2, 0.25) is 0 Å². The second kappa shape index (κ2) is 8.06. The van der Waals surface area contributed by atoms with Crippen LogP contribution in [0.15, 0.2) is 77.1 Å². The highest BCUT2D eigenvalue weighted by molar-refractivity contribution is 6.09. The molecule has 2 N–H and O–H groups in total. The molecule has 0 spiro atoms. The molecule has 0 aromatic heterocycles. The Morgan fingerprint density at radius 2 is 1.71 bits per heavy atom. The number of benzene rings is 2. The van der Waals surface area contributed by atoms with Crippen molar-refractivity contribution in [3.8, 4) is 0 Å². The summed E-state index contributed by atoms with van der Waals surface area (Å²) in [6, 6.07) is 13.8. The molecular weight excluding hydrogens is 405 g/mol. The summed E-state index contributed by atoms with van der Waals surface area (Å²) in [5, 5.41) is 5.88. The molecule has 0 saturated carbocycles. The third kappa shape index (κ3) is 4.00. The molecule has 1 atom stereocenters. The number of allylic oxidation sites excluding steroid dienone is 3. The van der Waals surface area contributed by atoms with Gasteiger partial charge in [-0.2, -0.15) is 13.2 Å². The second-order valence-electron chi connectivity index (χ2n) is 7.67. The fourth-order valence-corrected chi connectivity index (χ4v) is 4.32. The van der Waals surface area contributed by atoms with Crippen LogP contribution in [-0.2, 0) is 15.8 Å². The van der Waals surface area contributed by atoms with Crippen molar-refractivity contribution in [1.29, 1.82) is 0 Å². The number of dihydropyridines is 1. The lowest BCUT2D eigenvalue weighted by Gasteiger charge is -2.35. The lowest BCUT2D eigenvalue weighted by Crippen LogP contribution is -2.36. The maximum atomic E-state index is 13.9. The Bertz CT molecular complexity index is 1100. The Kier molecular flexibility index (Phi) is 5.43. The highest BCUT2D eigenvalue weighted by atomic mass is 19.4. The lowest BCUT2D eigenvalue weighted by atomic mass is 9.73. The van der Waals surface area contributed by atoms with Crippen molar-refractivity contribution in [2.75, 3.05) is 5.32 Å². The van der Waals surface area contributed by atoms with Crippen molar-refractivity contribution in [2.24, 2.45) is 0 Å². The second-order valence-corrected chi connectivity index (χ2v) is 7.67. The van der Waals surface area contributed by atoms with Crippen molar-refractivity contribution in [3.05, 3.63) is 88.3 Å². The fraction of sp³-hybridized carbons (Fsp3) is 0.250. The van der Waals surface area contributed by atoms with Gasteiger partial charge >= 0.3 is 6.18 Å². The van der Waals surface area contributed by atoms with E-state index in [-0.39, 0.29) is 28.9 Å². The summed E-state index contributed by atoms with van der Waals surface area (Å²) in [6.07, 6.45) is -3.19. The SMILES string of the molecule is CC1=C(C(=O)Nc2ccccc2)[C@@H](c2ccccc2C(F)(F)F)C2=C(CCCC2=O)N1. The van der Waals surface area contributed by atoms with E-state index >= 15 is 0 Å². The number of anilines is 1. The first-order valence-corrected chi connectivity index (χ1v) is 10.0. The summed E-state index contributed by atoms with van der Waals surface area (Å²) < 4.78 is 41.6. The van der Waals surface area contributed by atoms with Crippen LogP contribution in [0.1, 0.15) is 43.2 Å². The zero-order chi connectivity index (χ0) is 22.2. The van der Waals surface area contributed by atoms with Crippen molar-refractivity contribution in [2.45, 2.75) is 38.3 Å². The van der Waals surface area contributed by atoms with Gasteiger partial charge in [-0.1, -0.05) is 36.4 Å². The molecule has 31 heavy (non-hydrogen) atoms. The molecule has 160 valence electrons. The minimum absolute atomic E-state index is 0.0863. The van der Waals surface area contributed by atoms with E-state index in [1.54, 1.807) is 37.3 Å². The van der Waals surface area contributed by atoms with E-state index in [4.69, 9.17) is 0 Å². The van der Waals surface area contributed by atoms with Crippen molar-refractivity contribution < 1.29 is 22.8 Å². The van der Waals surface area contributed by atoms with Gasteiger partial charge in [0, 0.05) is 40.6 Å². The van der Waals surface area contributed by atoms with Gasteiger partial charge in [-0.3, -0.25) is 9.59 Å². The zero-order valence-corrected chi connectivity index (χ0v) is 16.8. The number of halogens is 3. The third-order valence-electron chi connectivity index (χ3n) is 5.63. The summed E-state index contributed by atoms with van der Waals surface area (Å²) >= 11 is 0. The molecule has 0 bridgehead atoms. The average molecular weight is 426 g/mol. The van der Waals surface area contributed by atoms with Crippen LogP contribution in [-0.4, -0.2) is 11.7 Å². The van der Waals surface area contributed by atoms with E-state index in [1.807, 2.05) is 0 Å². The van der Waals surface area contributed by atoms with Crippen LogP contribution in [0.5, 0.6) is 0 Å². The molecule has 1 amide bonds. The summed E-state index contributed by atoms with van der Waals surface area (Å²) in [4.78, 5) is 26.2. The van der Waals surface area contributed by atoms with Crippen LogP contribution >= 0.6 is 0 Å². The zero-order valence-electron chi connectivity index (χ0n) is 16.8. The number of hydrogen-bond donors (Lipinski definition) is 2. The molecule has 1 heterocycles. The first-order chi connectivity index (χ1) is 14.8. The van der Waals surface area contributed by atoms with Crippen molar-refractivity contribution in [1.82, 2.24) is 5.32 Å². The first-order valence-electron chi connectivity index (χ1n) is 10.0. The fourth-order valence-electron chi connectivity index (χ4n) is 4.32. The van der Waals surface area contributed by atoms with Gasteiger partial charge in [0.1, 0.15) is 0 Å². The average Bonchev–Trinajstić information content (AvgIpc) is 2.73. The number of nitrogens with one attached hydrogen (secondary N) is 2. The Morgan fingerprint density at radius 3 is 2.42 bits per heavy atom. The van der Waals surface area contributed by atoms with Crippen molar-refractivity contribution >= 4 is 17.4 Å². The monoisotopic (exact) mass is 426 g/mol. The third-order valence-corrected chi connectivity index (χ3v) is 5.63. The molecular formula is C24H21F3N2O2. The van der Waals surface area contributed by atoms with E-state index in [0.29, 0.717) is 29.9 Å². The van der Waals surface area contributed by atoms with Gasteiger partial charge < -0.3 is 10.6 Å². The predicted octanol–water partition coefficient (Wildman–Crippen LogP) is 5.31. The molecule has 0 fully saturated rings. The van der Waals surface area contributed by atoms with Gasteiger partial charge in [0.25, 0.3) is 5.91 Å². The maximum Gasteiger partial charge on any atom is 0.416 e. The topological polar surface area (TPSA) is 58.2 Å². The number of alkyl halides is 3. The number of rotatable bonds is 3. The number of para-hydroxylation sites is 1. The van der Waals surface area contributed by atoms with Crippen LogP contribution in [0.25, 0.3) is 0 Å². The van der Waals surface area contributed by atoms with Gasteiger partial charge in [-0.15, -0.1) is 0 Å². The maximum absolute atomic E-state index is 13.9. The minimum Gasteiger partial charge on any atom is -0.362 e. The number of hydrogen-bond acceptors (Lipinski definition) is 3. The van der Waals surface area contributed by atoms with Gasteiger partial charge in [0.05, 0.1) is 5.56 Å². The molecule has 2 aromatic carbocycles. The Balaban J connectivity index is 1.88. The van der Waals surface area contributed by atoms with Gasteiger partial charge in [-0.25, -0.2) is 0 Å². The molecule has 1 aliphatic carbocycles. The van der Waals surface area contributed by atoms with Crippen LogP contribution in [0, 0.1) is 0 Å². The van der Waals surface area contributed by atoms with Crippen molar-refractivity contribution in [3.63, 3.8) is 0 Å². The highest BCUT2D eigenvalue weighted by Crippen LogP contribution is 2.46. The van der Waals surface area contributed by atoms with E-state index in [2.05, 4.69) is 10.6 Å². The molecule has 2 aliphatic rings. The first kappa shape index (κ1) is 20.9. The number of carbonyl (C=O) groups is 2. The Labute approximate surface area is 177 Å². The molecule has 0 saturated heterocycles. The lowest BCUT2D eigenvalue weighted by molar-refractivity contribution is -0.138. The smallest absolute Gasteiger partial charge is 0.362 e. The number of amides is 1. The molecule has 4 rings (SSSR count). The van der Waals surface area contributed by atoms with Crippen LogP contribution in [0.4, 0.5) is 18.9 Å². The molecule has 2 aromatic rings. The predicted molar refractivity (Wildman–Crippen MR) is 111 cm³/mol. The number of Topliss-reactive ketones (excluding diaryl/α,β-unsaturated/α-hetero) is 1. The molecule has 0 unspecified atom stereocenters. The summed E-state index contributed by atoms with van der Waals surface area (Å²) in [5.41, 5.74) is 1.02. The molecule has 0 radical (unpaired) electrons. The van der Waals surface area contributed by atoms with Crippen LogP contribution in [0.3, 0.4) is 0 Å². The molecule has 4 nitrogen and oxygen atoms in total. The van der Waals surface area contributed by atoms with Gasteiger partial charge in [-0.05, 0) is 43.5 Å². The minimum atomic E-state index is -4.62. The summed E-state index contributed by atoms with van der Waals surface area (Å²) in [7, 11) is 0. The summed E-state index contributed by atoms with van der Waals surface area (Å²) in [5.74, 6) is -1.86. The van der Waals surface area contributed by atoms with E-state index in [0.717, 1.165) is 6.07 Å². The molecule has 1 aliphatic heterocycles. The van der Waals surface area contributed by atoms with Crippen LogP contribution < -0.4 is 10.6 Å². The quantitative estimate of drug-likeness (QED) is 0.699. The van der Waals surface area contributed by atoms with Gasteiger partial charge in [0.15, 0.2) is 5.78 Å². The van der Waals surface area contributed by atoms with E-state index < -0.39 is 23.6 Å². The highest BCUT2D eigenvalue weighted by Gasteiger charge is 2.43. The summed E-state index contributed by atoms with van der Waals surface area (Å²) in [6.45, 7) is 1.66. The largest absolute Gasteiger partial charge is 0.416 e. The van der Waals surface area contributed by atoms with E-state index in [9.17, 15) is 22.8 Å². The Hall–Kier alpha value is -3.35. The number of carbonyl (C=O) groups excluding carboxylic acids is 2. The Morgan fingerprint density at radius 1 is 1.03 bits per heavy atom.